The molecule has 1 fully saturated rings. The first-order chi connectivity index (χ1) is 6.79. The van der Waals surface area contributed by atoms with Gasteiger partial charge in [-0.15, -0.1) is 0 Å². The lowest BCUT2D eigenvalue weighted by molar-refractivity contribution is -0.137. The second-order valence-corrected chi connectivity index (χ2v) is 3.61. The van der Waals surface area contributed by atoms with Gasteiger partial charge in [-0.25, -0.2) is 0 Å². The highest BCUT2D eigenvalue weighted by Crippen LogP contribution is 2.10. The van der Waals surface area contributed by atoms with Gasteiger partial charge in [-0.1, -0.05) is 0 Å². The standard InChI is InChI=1S/C10H20N2O2/c1-3-12(10(13)8-14-2)9-5-4-6-11-7-9/h9,11H,3-8H2,1-2H3. The van der Waals surface area contributed by atoms with E-state index in [-0.39, 0.29) is 12.5 Å². The molecule has 0 saturated carbocycles. The predicted octanol–water partition coefficient (Wildman–Crippen LogP) is 0.233. The van der Waals surface area contributed by atoms with Gasteiger partial charge in [0.15, 0.2) is 0 Å². The lowest BCUT2D eigenvalue weighted by Crippen LogP contribution is -2.49. The van der Waals surface area contributed by atoms with Crippen molar-refractivity contribution >= 4 is 5.91 Å². The number of piperidine rings is 1. The van der Waals surface area contributed by atoms with E-state index < -0.39 is 0 Å². The highest BCUT2D eigenvalue weighted by molar-refractivity contribution is 5.77. The van der Waals surface area contributed by atoms with Crippen molar-refractivity contribution in [3.05, 3.63) is 0 Å². The average molecular weight is 200 g/mol. The normalized spacial score (nSPS) is 22.0. The Morgan fingerprint density at radius 3 is 2.93 bits per heavy atom. The van der Waals surface area contributed by atoms with Gasteiger partial charge in [-0.05, 0) is 26.3 Å². The van der Waals surface area contributed by atoms with Crippen molar-refractivity contribution in [2.45, 2.75) is 25.8 Å². The van der Waals surface area contributed by atoms with Crippen molar-refractivity contribution in [2.75, 3.05) is 33.4 Å². The van der Waals surface area contributed by atoms with E-state index >= 15 is 0 Å². The molecular weight excluding hydrogens is 180 g/mol. The predicted molar refractivity (Wildman–Crippen MR) is 55.2 cm³/mol. The van der Waals surface area contributed by atoms with Crippen LogP contribution in [-0.2, 0) is 9.53 Å². The van der Waals surface area contributed by atoms with E-state index in [1.54, 1.807) is 7.11 Å². The minimum Gasteiger partial charge on any atom is -0.375 e. The number of hydrogen-bond donors (Lipinski definition) is 1. The Kier molecular flexibility index (Phi) is 4.90. The first-order valence-corrected chi connectivity index (χ1v) is 5.28. The summed E-state index contributed by atoms with van der Waals surface area (Å²) >= 11 is 0. The molecule has 14 heavy (non-hydrogen) atoms. The van der Waals surface area contributed by atoms with Crippen LogP contribution in [0.2, 0.25) is 0 Å². The summed E-state index contributed by atoms with van der Waals surface area (Å²) in [5.74, 6) is 0.101. The Hall–Kier alpha value is -0.610. The van der Waals surface area contributed by atoms with Gasteiger partial charge in [0.25, 0.3) is 0 Å². The molecule has 0 aliphatic carbocycles. The molecule has 0 aromatic carbocycles. The van der Waals surface area contributed by atoms with Gasteiger partial charge in [0.1, 0.15) is 6.61 Å². The number of carbonyl (C=O) groups is 1. The van der Waals surface area contributed by atoms with Crippen molar-refractivity contribution in [2.24, 2.45) is 0 Å². The van der Waals surface area contributed by atoms with Crippen LogP contribution >= 0.6 is 0 Å². The van der Waals surface area contributed by atoms with Gasteiger partial charge in [0.05, 0.1) is 0 Å². The molecule has 1 saturated heterocycles. The molecule has 1 rings (SSSR count). The number of methoxy groups -OCH3 is 1. The molecule has 0 aromatic rings. The SMILES string of the molecule is CCN(C(=O)COC)C1CCCNC1. The second-order valence-electron chi connectivity index (χ2n) is 3.61. The maximum absolute atomic E-state index is 11.6. The molecule has 1 unspecified atom stereocenters. The van der Waals surface area contributed by atoms with Crippen LogP contribution in [0.1, 0.15) is 19.8 Å². The number of nitrogens with zero attached hydrogens (tertiary/aromatic N) is 1. The van der Waals surface area contributed by atoms with Crippen molar-refractivity contribution in [1.82, 2.24) is 10.2 Å². The molecular formula is C10H20N2O2. The number of amides is 1. The number of hydrogen-bond acceptors (Lipinski definition) is 3. The second kappa shape index (κ2) is 5.98. The molecule has 0 spiro atoms. The highest BCUT2D eigenvalue weighted by atomic mass is 16.5. The Balaban J connectivity index is 2.46. The van der Waals surface area contributed by atoms with Crippen molar-refractivity contribution in [1.29, 1.82) is 0 Å². The molecule has 1 atom stereocenters. The average Bonchev–Trinajstić information content (AvgIpc) is 2.21. The van der Waals surface area contributed by atoms with Gasteiger partial charge < -0.3 is 15.0 Å². The molecule has 1 heterocycles. The maximum atomic E-state index is 11.6. The first-order valence-electron chi connectivity index (χ1n) is 5.28. The Labute approximate surface area is 85.6 Å². The summed E-state index contributed by atoms with van der Waals surface area (Å²) in [5.41, 5.74) is 0. The van der Waals surface area contributed by atoms with E-state index in [0.29, 0.717) is 6.04 Å². The minimum atomic E-state index is 0.101. The Morgan fingerprint density at radius 1 is 1.64 bits per heavy atom. The fourth-order valence-corrected chi connectivity index (χ4v) is 1.94. The van der Waals surface area contributed by atoms with Crippen LogP contribution in [0.3, 0.4) is 0 Å². The lowest BCUT2D eigenvalue weighted by atomic mass is 10.1. The monoisotopic (exact) mass is 200 g/mol. The molecule has 1 aliphatic rings. The zero-order valence-electron chi connectivity index (χ0n) is 9.08. The molecule has 1 amide bonds. The highest BCUT2D eigenvalue weighted by Gasteiger charge is 2.23. The molecule has 0 aromatic heterocycles. The van der Waals surface area contributed by atoms with Crippen molar-refractivity contribution < 1.29 is 9.53 Å². The smallest absolute Gasteiger partial charge is 0.248 e. The number of nitrogens with one attached hydrogen (secondary N) is 1. The van der Waals surface area contributed by atoms with Crippen molar-refractivity contribution in [3.8, 4) is 0 Å². The van der Waals surface area contributed by atoms with E-state index in [9.17, 15) is 4.79 Å². The molecule has 1 aliphatic heterocycles. The Morgan fingerprint density at radius 2 is 2.43 bits per heavy atom. The molecule has 4 nitrogen and oxygen atoms in total. The molecule has 82 valence electrons. The van der Waals surface area contributed by atoms with Crippen LogP contribution in [-0.4, -0.2) is 50.2 Å². The van der Waals surface area contributed by atoms with E-state index in [0.717, 1.165) is 32.5 Å². The van der Waals surface area contributed by atoms with Crippen LogP contribution in [0.5, 0.6) is 0 Å². The van der Waals surface area contributed by atoms with Gasteiger partial charge in [-0.2, -0.15) is 0 Å². The van der Waals surface area contributed by atoms with Gasteiger partial charge >= 0.3 is 0 Å². The minimum absolute atomic E-state index is 0.101. The maximum Gasteiger partial charge on any atom is 0.248 e. The zero-order chi connectivity index (χ0) is 10.4. The van der Waals surface area contributed by atoms with E-state index in [1.165, 1.54) is 0 Å². The van der Waals surface area contributed by atoms with Crippen LogP contribution in [0.15, 0.2) is 0 Å². The summed E-state index contributed by atoms with van der Waals surface area (Å²) in [4.78, 5) is 13.6. The zero-order valence-corrected chi connectivity index (χ0v) is 9.08. The van der Waals surface area contributed by atoms with E-state index in [4.69, 9.17) is 4.74 Å². The number of carbonyl (C=O) groups excluding carboxylic acids is 1. The largest absolute Gasteiger partial charge is 0.375 e. The number of ether oxygens (including phenoxy) is 1. The van der Waals surface area contributed by atoms with Crippen molar-refractivity contribution in [3.63, 3.8) is 0 Å². The van der Waals surface area contributed by atoms with Crippen LogP contribution in [0.25, 0.3) is 0 Å². The molecule has 0 bridgehead atoms. The summed E-state index contributed by atoms with van der Waals surface area (Å²) in [6.07, 6.45) is 2.26. The third-order valence-electron chi connectivity index (χ3n) is 2.64. The number of likely N-dealkylation sites (N-methyl/N-ethyl adjacent to an activating group) is 1. The fraction of sp³-hybridized carbons (Fsp3) is 0.900. The van der Waals surface area contributed by atoms with E-state index in [2.05, 4.69) is 5.32 Å². The van der Waals surface area contributed by atoms with Crippen LogP contribution in [0.4, 0.5) is 0 Å². The summed E-state index contributed by atoms with van der Waals surface area (Å²) in [6, 6.07) is 0.358. The van der Waals surface area contributed by atoms with Crippen LogP contribution in [0, 0.1) is 0 Å². The first kappa shape index (κ1) is 11.5. The fourth-order valence-electron chi connectivity index (χ4n) is 1.94. The third-order valence-corrected chi connectivity index (χ3v) is 2.64. The quantitative estimate of drug-likeness (QED) is 0.706. The number of rotatable bonds is 4. The molecule has 4 heteroatoms. The molecule has 0 radical (unpaired) electrons. The summed E-state index contributed by atoms with van der Waals surface area (Å²) in [5, 5.41) is 3.31. The van der Waals surface area contributed by atoms with Gasteiger partial charge in [0.2, 0.25) is 5.91 Å². The summed E-state index contributed by atoms with van der Waals surface area (Å²) in [7, 11) is 1.56. The lowest BCUT2D eigenvalue weighted by Gasteiger charge is -2.33. The topological polar surface area (TPSA) is 41.6 Å². The summed E-state index contributed by atoms with van der Waals surface area (Å²) < 4.78 is 4.87. The molecule has 1 N–H and O–H groups in total. The third kappa shape index (κ3) is 2.96. The van der Waals surface area contributed by atoms with Gasteiger partial charge in [-0.3, -0.25) is 4.79 Å². The van der Waals surface area contributed by atoms with Crippen LogP contribution < -0.4 is 5.32 Å². The van der Waals surface area contributed by atoms with Gasteiger partial charge in [0, 0.05) is 26.2 Å². The Bertz CT molecular complexity index is 179. The van der Waals surface area contributed by atoms with E-state index in [1.807, 2.05) is 11.8 Å². The summed E-state index contributed by atoms with van der Waals surface area (Å²) in [6.45, 7) is 4.98.